The van der Waals surface area contributed by atoms with Gasteiger partial charge < -0.3 is 15.2 Å². The SMILES string of the molecule is CC(C)[C@@H]1CC[C@@H](C)C[C@H]1OC(=O)c1cc(NC(=O)c2ccccc2)c(Cl)cc1O. The van der Waals surface area contributed by atoms with Crippen LogP contribution in [0, 0.1) is 17.8 Å². The van der Waals surface area contributed by atoms with Gasteiger partial charge in [0.1, 0.15) is 17.4 Å². The maximum absolute atomic E-state index is 12.9. The number of nitrogens with one attached hydrogen (secondary N) is 1. The van der Waals surface area contributed by atoms with Gasteiger partial charge in [-0.1, -0.05) is 57.0 Å². The molecule has 6 heteroatoms. The van der Waals surface area contributed by atoms with Gasteiger partial charge >= 0.3 is 5.97 Å². The molecule has 0 radical (unpaired) electrons. The predicted molar refractivity (Wildman–Crippen MR) is 118 cm³/mol. The molecular formula is C24H28ClNO4. The normalized spacial score (nSPS) is 21.3. The van der Waals surface area contributed by atoms with Crippen molar-refractivity contribution in [3.05, 3.63) is 58.6 Å². The van der Waals surface area contributed by atoms with E-state index in [1.54, 1.807) is 24.3 Å². The van der Waals surface area contributed by atoms with Crippen LogP contribution >= 0.6 is 11.6 Å². The van der Waals surface area contributed by atoms with Crippen LogP contribution in [0.5, 0.6) is 5.75 Å². The first-order valence-electron chi connectivity index (χ1n) is 10.4. The van der Waals surface area contributed by atoms with E-state index in [1.165, 1.54) is 12.1 Å². The highest BCUT2D eigenvalue weighted by Gasteiger charge is 2.34. The zero-order valence-electron chi connectivity index (χ0n) is 17.5. The van der Waals surface area contributed by atoms with Crippen molar-refractivity contribution in [3.8, 4) is 5.75 Å². The van der Waals surface area contributed by atoms with Crippen LogP contribution in [-0.2, 0) is 4.74 Å². The second kappa shape index (κ2) is 9.52. The molecule has 0 bridgehead atoms. The van der Waals surface area contributed by atoms with E-state index in [4.69, 9.17) is 16.3 Å². The largest absolute Gasteiger partial charge is 0.507 e. The van der Waals surface area contributed by atoms with Crippen LogP contribution in [0.2, 0.25) is 5.02 Å². The topological polar surface area (TPSA) is 75.6 Å². The Morgan fingerprint density at radius 1 is 1.17 bits per heavy atom. The number of phenolic OH excluding ortho intramolecular Hbond substituents is 1. The fraction of sp³-hybridized carbons (Fsp3) is 0.417. The summed E-state index contributed by atoms with van der Waals surface area (Å²) in [4.78, 5) is 25.3. The van der Waals surface area contributed by atoms with Crippen molar-refractivity contribution in [1.82, 2.24) is 0 Å². The summed E-state index contributed by atoms with van der Waals surface area (Å²) in [6, 6.07) is 11.3. The fourth-order valence-corrected chi connectivity index (χ4v) is 4.26. The summed E-state index contributed by atoms with van der Waals surface area (Å²) in [6.07, 6.45) is 2.75. The lowest BCUT2D eigenvalue weighted by atomic mass is 9.75. The number of hydrogen-bond acceptors (Lipinski definition) is 4. The van der Waals surface area contributed by atoms with Crippen molar-refractivity contribution >= 4 is 29.2 Å². The number of carbonyl (C=O) groups excluding carboxylic acids is 2. The third-order valence-electron chi connectivity index (χ3n) is 5.81. The Labute approximate surface area is 182 Å². The van der Waals surface area contributed by atoms with E-state index in [1.807, 2.05) is 6.07 Å². The first-order valence-corrected chi connectivity index (χ1v) is 10.7. The van der Waals surface area contributed by atoms with Gasteiger partial charge in [-0.15, -0.1) is 0 Å². The Kier molecular flexibility index (Phi) is 7.03. The number of benzene rings is 2. The third-order valence-corrected chi connectivity index (χ3v) is 6.12. The minimum absolute atomic E-state index is 0.0107. The standard InChI is InChI=1S/C24H28ClNO4/c1-14(2)17-10-9-15(3)11-22(17)30-24(29)18-12-20(19(25)13-21(18)27)26-23(28)16-7-5-4-6-8-16/h4-8,12-15,17,22,27H,9-11H2,1-3H3,(H,26,28)/t15-,17+,22-/m1/s1. The first-order chi connectivity index (χ1) is 14.3. The van der Waals surface area contributed by atoms with Crippen molar-refractivity contribution in [2.75, 3.05) is 5.32 Å². The summed E-state index contributed by atoms with van der Waals surface area (Å²) in [6.45, 7) is 6.44. The van der Waals surface area contributed by atoms with E-state index in [-0.39, 0.29) is 40.0 Å². The molecule has 0 spiro atoms. The number of rotatable bonds is 5. The molecule has 3 rings (SSSR count). The number of ether oxygens (including phenoxy) is 1. The van der Waals surface area contributed by atoms with Crippen LogP contribution in [0.4, 0.5) is 5.69 Å². The van der Waals surface area contributed by atoms with Gasteiger partial charge in [0.15, 0.2) is 0 Å². The van der Waals surface area contributed by atoms with Crippen LogP contribution in [0.15, 0.2) is 42.5 Å². The van der Waals surface area contributed by atoms with Gasteiger partial charge in [0, 0.05) is 11.6 Å². The van der Waals surface area contributed by atoms with Crippen molar-refractivity contribution in [3.63, 3.8) is 0 Å². The van der Waals surface area contributed by atoms with Gasteiger partial charge in [-0.3, -0.25) is 4.79 Å². The summed E-state index contributed by atoms with van der Waals surface area (Å²) >= 11 is 6.19. The molecular weight excluding hydrogens is 402 g/mol. The number of amides is 1. The summed E-state index contributed by atoms with van der Waals surface area (Å²) in [5, 5.41) is 13.1. The highest BCUT2D eigenvalue weighted by molar-refractivity contribution is 6.34. The number of aromatic hydroxyl groups is 1. The number of phenols is 1. The fourth-order valence-electron chi connectivity index (χ4n) is 4.06. The monoisotopic (exact) mass is 429 g/mol. The first kappa shape index (κ1) is 22.2. The molecule has 2 aromatic carbocycles. The van der Waals surface area contributed by atoms with Gasteiger partial charge in [0.2, 0.25) is 0 Å². The molecule has 0 aliphatic heterocycles. The van der Waals surface area contributed by atoms with Crippen LogP contribution in [0.1, 0.15) is 60.7 Å². The van der Waals surface area contributed by atoms with E-state index in [0.29, 0.717) is 17.4 Å². The third kappa shape index (κ3) is 5.14. The molecule has 2 aromatic rings. The maximum atomic E-state index is 12.9. The average molecular weight is 430 g/mol. The molecule has 160 valence electrons. The number of anilines is 1. The van der Waals surface area contributed by atoms with Gasteiger partial charge in [0.25, 0.3) is 5.91 Å². The Morgan fingerprint density at radius 2 is 1.87 bits per heavy atom. The quantitative estimate of drug-likeness (QED) is 0.457. The molecule has 1 fully saturated rings. The molecule has 0 aromatic heterocycles. The minimum Gasteiger partial charge on any atom is -0.507 e. The van der Waals surface area contributed by atoms with E-state index in [0.717, 1.165) is 19.3 Å². The lowest BCUT2D eigenvalue weighted by molar-refractivity contribution is -0.0176. The Balaban J connectivity index is 1.80. The molecule has 0 unspecified atom stereocenters. The molecule has 1 saturated carbocycles. The molecule has 30 heavy (non-hydrogen) atoms. The number of esters is 1. The van der Waals surface area contributed by atoms with E-state index in [2.05, 4.69) is 26.1 Å². The highest BCUT2D eigenvalue weighted by atomic mass is 35.5. The molecule has 0 saturated heterocycles. The second-order valence-corrected chi connectivity index (χ2v) is 8.85. The van der Waals surface area contributed by atoms with Crippen LogP contribution in [0.3, 0.4) is 0 Å². The Morgan fingerprint density at radius 3 is 2.53 bits per heavy atom. The average Bonchev–Trinajstić information content (AvgIpc) is 2.70. The lowest BCUT2D eigenvalue weighted by Crippen LogP contribution is -2.35. The number of carbonyl (C=O) groups is 2. The Bertz CT molecular complexity index is 913. The lowest BCUT2D eigenvalue weighted by Gasteiger charge is -2.36. The highest BCUT2D eigenvalue weighted by Crippen LogP contribution is 2.37. The smallest absolute Gasteiger partial charge is 0.342 e. The van der Waals surface area contributed by atoms with Gasteiger partial charge in [-0.25, -0.2) is 4.79 Å². The van der Waals surface area contributed by atoms with Crippen molar-refractivity contribution in [2.24, 2.45) is 17.8 Å². The van der Waals surface area contributed by atoms with Gasteiger partial charge in [-0.2, -0.15) is 0 Å². The van der Waals surface area contributed by atoms with Gasteiger partial charge in [-0.05, 0) is 48.8 Å². The molecule has 1 amide bonds. The molecule has 5 nitrogen and oxygen atoms in total. The molecule has 2 N–H and O–H groups in total. The van der Waals surface area contributed by atoms with Crippen molar-refractivity contribution in [1.29, 1.82) is 0 Å². The zero-order chi connectivity index (χ0) is 21.8. The molecule has 0 heterocycles. The summed E-state index contributed by atoms with van der Waals surface area (Å²) < 4.78 is 5.83. The zero-order valence-corrected chi connectivity index (χ0v) is 18.3. The number of halogens is 1. The second-order valence-electron chi connectivity index (χ2n) is 8.44. The van der Waals surface area contributed by atoms with Crippen LogP contribution in [-0.4, -0.2) is 23.1 Å². The maximum Gasteiger partial charge on any atom is 0.342 e. The molecule has 3 atom stereocenters. The van der Waals surface area contributed by atoms with E-state index in [9.17, 15) is 14.7 Å². The van der Waals surface area contributed by atoms with Crippen molar-refractivity contribution < 1.29 is 19.4 Å². The molecule has 1 aliphatic carbocycles. The summed E-state index contributed by atoms with van der Waals surface area (Å²) in [5.74, 6) is -0.0655. The minimum atomic E-state index is -0.607. The molecule has 1 aliphatic rings. The van der Waals surface area contributed by atoms with Crippen LogP contribution in [0.25, 0.3) is 0 Å². The summed E-state index contributed by atoms with van der Waals surface area (Å²) in [5.41, 5.74) is 0.693. The van der Waals surface area contributed by atoms with Crippen LogP contribution < -0.4 is 5.32 Å². The Hall–Kier alpha value is -2.53. The van der Waals surface area contributed by atoms with Gasteiger partial charge in [0.05, 0.1) is 10.7 Å². The van der Waals surface area contributed by atoms with E-state index < -0.39 is 5.97 Å². The van der Waals surface area contributed by atoms with E-state index >= 15 is 0 Å². The summed E-state index contributed by atoms with van der Waals surface area (Å²) in [7, 11) is 0. The number of hydrogen-bond donors (Lipinski definition) is 2. The predicted octanol–water partition coefficient (Wildman–Crippen LogP) is 5.92. The van der Waals surface area contributed by atoms with Crippen molar-refractivity contribution in [2.45, 2.75) is 46.1 Å².